The number of anilines is 2. The first kappa shape index (κ1) is 29.1. The number of hydrogen-bond donors (Lipinski definition) is 3. The summed E-state index contributed by atoms with van der Waals surface area (Å²) in [4.78, 5) is 79.2. The van der Waals surface area contributed by atoms with Crippen molar-refractivity contribution in [1.29, 1.82) is 0 Å². The Morgan fingerprint density at radius 1 is 0.976 bits per heavy atom. The van der Waals surface area contributed by atoms with Crippen LogP contribution in [0, 0.1) is 0 Å². The highest BCUT2D eigenvalue weighted by Crippen LogP contribution is 2.33. The van der Waals surface area contributed by atoms with Crippen molar-refractivity contribution in [1.82, 2.24) is 16.0 Å². The summed E-state index contributed by atoms with van der Waals surface area (Å²) < 4.78 is 0. The zero-order chi connectivity index (χ0) is 29.5. The molecular weight excluding hydrogens is 526 g/mol. The topological polar surface area (TPSA) is 145 Å². The molecule has 2 atom stereocenters. The Morgan fingerprint density at radius 2 is 1.66 bits per heavy atom. The molecule has 3 aromatic rings. The van der Waals surface area contributed by atoms with E-state index in [1.165, 1.54) is 16.7 Å². The number of likely N-dealkylation sites (N-methyl/N-ethyl adjacent to an activating group) is 1. The van der Waals surface area contributed by atoms with Crippen LogP contribution in [0.1, 0.15) is 23.7 Å². The van der Waals surface area contributed by atoms with Crippen LogP contribution >= 0.6 is 0 Å². The first-order chi connectivity index (χ1) is 19.7. The van der Waals surface area contributed by atoms with E-state index in [0.717, 1.165) is 5.39 Å². The van der Waals surface area contributed by atoms with Gasteiger partial charge in [0.1, 0.15) is 24.7 Å². The summed E-state index contributed by atoms with van der Waals surface area (Å²) in [7, 11) is 1.62. The Labute approximate surface area is 236 Å². The van der Waals surface area contributed by atoms with Gasteiger partial charge in [0.25, 0.3) is 11.8 Å². The SMILES string of the molecule is CNCC(=O)N1C[C@H](NC(=O)c2cccc3ccccc23)C(=O)N(CC(=O)NC(C=O)CC(C)=O)c2ccccc21. The number of nitrogens with one attached hydrogen (secondary N) is 3. The first-order valence-electron chi connectivity index (χ1n) is 13.1. The third-order valence-electron chi connectivity index (χ3n) is 6.68. The predicted molar refractivity (Wildman–Crippen MR) is 154 cm³/mol. The first-order valence-corrected chi connectivity index (χ1v) is 13.1. The summed E-state index contributed by atoms with van der Waals surface area (Å²) in [6.45, 7) is 0.593. The average Bonchev–Trinajstić information content (AvgIpc) is 3.07. The average molecular weight is 558 g/mol. The lowest BCUT2D eigenvalue weighted by molar-refractivity contribution is -0.127. The van der Waals surface area contributed by atoms with Crippen molar-refractivity contribution in [2.24, 2.45) is 0 Å². The van der Waals surface area contributed by atoms with Gasteiger partial charge in [0.15, 0.2) is 0 Å². The van der Waals surface area contributed by atoms with Crippen LogP contribution in [0.3, 0.4) is 0 Å². The maximum Gasteiger partial charge on any atom is 0.252 e. The molecule has 0 aliphatic carbocycles. The van der Waals surface area contributed by atoms with E-state index >= 15 is 0 Å². The number of carbonyl (C=O) groups excluding carboxylic acids is 6. The van der Waals surface area contributed by atoms with Gasteiger partial charge in [0.05, 0.1) is 30.5 Å². The van der Waals surface area contributed by atoms with E-state index in [-0.39, 0.29) is 36.9 Å². The number of benzene rings is 3. The van der Waals surface area contributed by atoms with Gasteiger partial charge < -0.3 is 25.6 Å². The molecule has 4 amide bonds. The summed E-state index contributed by atoms with van der Waals surface area (Å²) in [6.07, 6.45) is 0.276. The zero-order valence-electron chi connectivity index (χ0n) is 22.8. The van der Waals surface area contributed by atoms with Crippen LogP contribution in [0.15, 0.2) is 66.7 Å². The van der Waals surface area contributed by atoms with Crippen molar-refractivity contribution < 1.29 is 28.8 Å². The molecule has 0 bridgehead atoms. The van der Waals surface area contributed by atoms with Crippen molar-refractivity contribution in [3.63, 3.8) is 0 Å². The van der Waals surface area contributed by atoms with Crippen LogP contribution in [-0.4, -0.2) is 74.5 Å². The highest BCUT2D eigenvalue weighted by molar-refractivity contribution is 6.13. The lowest BCUT2D eigenvalue weighted by Gasteiger charge is -2.25. The number of hydrogen-bond acceptors (Lipinski definition) is 7. The minimum atomic E-state index is -1.21. The predicted octanol–water partition coefficient (Wildman–Crippen LogP) is 1.20. The Hall–Kier alpha value is -4.90. The fourth-order valence-corrected chi connectivity index (χ4v) is 4.84. The smallest absolute Gasteiger partial charge is 0.252 e. The van der Waals surface area contributed by atoms with E-state index in [2.05, 4.69) is 16.0 Å². The number of rotatable bonds is 10. The van der Waals surface area contributed by atoms with Crippen molar-refractivity contribution in [2.75, 3.05) is 36.5 Å². The molecule has 41 heavy (non-hydrogen) atoms. The summed E-state index contributed by atoms with van der Waals surface area (Å²) in [5.74, 6) is -2.44. The van der Waals surface area contributed by atoms with Crippen molar-refractivity contribution in [2.45, 2.75) is 25.4 Å². The molecule has 0 aromatic heterocycles. The van der Waals surface area contributed by atoms with Gasteiger partial charge in [0.2, 0.25) is 11.8 Å². The van der Waals surface area contributed by atoms with Crippen LogP contribution < -0.4 is 25.8 Å². The van der Waals surface area contributed by atoms with Crippen molar-refractivity contribution >= 4 is 57.8 Å². The normalized spacial score (nSPS) is 15.5. The number of amides is 4. The molecule has 0 saturated carbocycles. The fourth-order valence-electron chi connectivity index (χ4n) is 4.84. The molecule has 212 valence electrons. The molecule has 11 heteroatoms. The molecule has 1 aliphatic rings. The molecule has 4 rings (SSSR count). The van der Waals surface area contributed by atoms with Gasteiger partial charge in [-0.25, -0.2) is 0 Å². The zero-order valence-corrected chi connectivity index (χ0v) is 22.8. The Balaban J connectivity index is 1.70. The number of aldehydes is 1. The lowest BCUT2D eigenvalue weighted by Crippen LogP contribution is -2.55. The van der Waals surface area contributed by atoms with E-state index in [9.17, 15) is 28.8 Å². The number of carbonyl (C=O) groups is 6. The Morgan fingerprint density at radius 3 is 2.37 bits per heavy atom. The summed E-state index contributed by atoms with van der Waals surface area (Å²) in [5.41, 5.74) is 1.02. The molecular formula is C30H31N5O6. The van der Waals surface area contributed by atoms with Gasteiger partial charge in [0, 0.05) is 12.0 Å². The monoisotopic (exact) mass is 557 g/mol. The van der Waals surface area contributed by atoms with E-state index in [1.54, 1.807) is 49.5 Å². The third-order valence-corrected chi connectivity index (χ3v) is 6.68. The number of fused-ring (bicyclic) bond motifs is 2. The second-order valence-corrected chi connectivity index (χ2v) is 9.72. The van der Waals surface area contributed by atoms with E-state index < -0.39 is 36.3 Å². The second kappa shape index (κ2) is 13.0. The van der Waals surface area contributed by atoms with Crippen LogP contribution in [-0.2, 0) is 24.0 Å². The molecule has 1 unspecified atom stereocenters. The van der Waals surface area contributed by atoms with Gasteiger partial charge in [-0.15, -0.1) is 0 Å². The Bertz CT molecular complexity index is 1500. The largest absolute Gasteiger partial charge is 0.345 e. The molecule has 3 N–H and O–H groups in total. The minimum absolute atomic E-state index is 0.0287. The van der Waals surface area contributed by atoms with Gasteiger partial charge in [-0.3, -0.25) is 28.9 Å². The molecule has 0 radical (unpaired) electrons. The molecule has 11 nitrogen and oxygen atoms in total. The molecule has 0 fully saturated rings. The maximum absolute atomic E-state index is 14.0. The van der Waals surface area contributed by atoms with Crippen LogP contribution in [0.25, 0.3) is 10.8 Å². The van der Waals surface area contributed by atoms with Gasteiger partial charge in [-0.1, -0.05) is 48.5 Å². The molecule has 1 aliphatic heterocycles. The number of ketones is 1. The second-order valence-electron chi connectivity index (χ2n) is 9.72. The van der Waals surface area contributed by atoms with E-state index in [0.29, 0.717) is 22.9 Å². The fraction of sp³-hybridized carbons (Fsp3) is 0.267. The van der Waals surface area contributed by atoms with Crippen LogP contribution in [0.2, 0.25) is 0 Å². The maximum atomic E-state index is 14.0. The standard InChI is InChI=1S/C30H31N5O6/c1-19(37)14-21(18-36)32-27(38)17-35-26-13-6-5-12-25(26)34(28(39)15-31-2)16-24(30(35)41)33-29(40)23-11-7-9-20-8-3-4-10-22(20)23/h3-13,18,21,24,31H,14-17H2,1-2H3,(H,32,38)(H,33,40)/t21?,24-/m0/s1. The number of para-hydroxylation sites is 2. The summed E-state index contributed by atoms with van der Waals surface area (Å²) in [5, 5.41) is 9.61. The summed E-state index contributed by atoms with van der Waals surface area (Å²) in [6, 6.07) is 17.0. The van der Waals surface area contributed by atoms with Crippen molar-refractivity contribution in [3.8, 4) is 0 Å². The quantitative estimate of drug-likeness (QED) is 0.318. The molecule has 0 saturated heterocycles. The Kier molecular flexibility index (Phi) is 9.20. The molecule has 0 spiro atoms. The van der Waals surface area contributed by atoms with Crippen LogP contribution in [0.4, 0.5) is 11.4 Å². The van der Waals surface area contributed by atoms with Crippen LogP contribution in [0.5, 0.6) is 0 Å². The van der Waals surface area contributed by atoms with E-state index in [4.69, 9.17) is 0 Å². The minimum Gasteiger partial charge on any atom is -0.345 e. The van der Waals surface area contributed by atoms with Gasteiger partial charge >= 0.3 is 0 Å². The third kappa shape index (κ3) is 6.64. The highest BCUT2D eigenvalue weighted by Gasteiger charge is 2.37. The number of nitrogens with zero attached hydrogens (tertiary/aromatic N) is 2. The van der Waals surface area contributed by atoms with Crippen molar-refractivity contribution in [3.05, 3.63) is 72.3 Å². The van der Waals surface area contributed by atoms with E-state index in [1.807, 2.05) is 24.3 Å². The molecule has 1 heterocycles. The van der Waals surface area contributed by atoms with Gasteiger partial charge in [-0.05, 0) is 42.9 Å². The number of Topliss-reactive ketones (excluding diaryl/α,β-unsaturated/α-hetero) is 1. The highest BCUT2D eigenvalue weighted by atomic mass is 16.2. The molecule has 3 aromatic carbocycles. The lowest BCUT2D eigenvalue weighted by atomic mass is 10.0. The van der Waals surface area contributed by atoms with Gasteiger partial charge in [-0.2, -0.15) is 0 Å². The summed E-state index contributed by atoms with van der Waals surface area (Å²) >= 11 is 0.